The number of nitrogens with one attached hydrogen (secondary N) is 2. The first-order chi connectivity index (χ1) is 10.1. The summed E-state index contributed by atoms with van der Waals surface area (Å²) in [4.78, 5) is 17.6. The summed E-state index contributed by atoms with van der Waals surface area (Å²) in [5.41, 5.74) is 7.91. The smallest absolute Gasteiger partial charge is 0.269 e. The minimum absolute atomic E-state index is 0.0385. The van der Waals surface area contributed by atoms with Crippen LogP contribution in [0, 0.1) is 0 Å². The van der Waals surface area contributed by atoms with Gasteiger partial charge in [-0.05, 0) is 23.7 Å². The van der Waals surface area contributed by atoms with Gasteiger partial charge in [0.15, 0.2) is 5.11 Å². The zero-order valence-corrected chi connectivity index (χ0v) is 12.5. The monoisotopic (exact) mass is 316 g/mol. The summed E-state index contributed by atoms with van der Waals surface area (Å²) in [5.74, 6) is -0.284. The number of thiocarbonyl (C=S) groups is 1. The number of anilines is 1. The Balaban J connectivity index is 2.12. The molecular formula is C14H12N4OS2. The van der Waals surface area contributed by atoms with Gasteiger partial charge in [0.25, 0.3) is 5.91 Å². The van der Waals surface area contributed by atoms with Gasteiger partial charge in [0.05, 0.1) is 16.3 Å². The Morgan fingerprint density at radius 1 is 1.33 bits per heavy atom. The van der Waals surface area contributed by atoms with Gasteiger partial charge in [-0.25, -0.2) is 4.99 Å². The molecule has 0 spiro atoms. The van der Waals surface area contributed by atoms with Crippen LogP contribution < -0.4 is 16.4 Å². The number of hydrogen-bond donors (Lipinski definition) is 3. The summed E-state index contributed by atoms with van der Waals surface area (Å²) in [6.45, 7) is 0. The second-order valence-corrected chi connectivity index (χ2v) is 5.76. The highest BCUT2D eigenvalue weighted by Gasteiger charge is 2.26. The van der Waals surface area contributed by atoms with Gasteiger partial charge in [0, 0.05) is 5.56 Å². The third-order valence-corrected chi connectivity index (χ3v) is 4.01. The quantitative estimate of drug-likeness (QED) is 0.737. The second kappa shape index (κ2) is 5.63. The van der Waals surface area contributed by atoms with E-state index in [2.05, 4.69) is 15.6 Å². The average Bonchev–Trinajstić information content (AvgIpc) is 2.87. The summed E-state index contributed by atoms with van der Waals surface area (Å²) >= 11 is 6.34. The fraction of sp³-hybridized carbons (Fsp3) is 0.0714. The molecule has 1 atom stereocenters. The molecule has 3 rings (SSSR count). The molecule has 0 fully saturated rings. The molecule has 0 radical (unpaired) electrons. The topological polar surface area (TPSA) is 79.5 Å². The van der Waals surface area contributed by atoms with E-state index in [-0.39, 0.29) is 11.0 Å². The Bertz CT molecular complexity index is 724. The maximum Gasteiger partial charge on any atom is 0.269 e. The molecule has 1 aromatic heterocycles. The van der Waals surface area contributed by atoms with E-state index < -0.39 is 6.17 Å². The Morgan fingerprint density at radius 2 is 2.10 bits per heavy atom. The molecule has 0 saturated carbocycles. The number of nitrogens with two attached hydrogens (primary N) is 1. The van der Waals surface area contributed by atoms with E-state index >= 15 is 0 Å². The highest BCUT2D eigenvalue weighted by molar-refractivity contribution is 7.80. The minimum atomic E-state index is -0.836. The normalized spacial score (nSPS) is 17.2. The van der Waals surface area contributed by atoms with Crippen LogP contribution in [0.1, 0.15) is 10.4 Å². The first kappa shape index (κ1) is 13.7. The van der Waals surface area contributed by atoms with Crippen LogP contribution in [0.3, 0.4) is 0 Å². The zero-order valence-electron chi connectivity index (χ0n) is 10.9. The van der Waals surface area contributed by atoms with Gasteiger partial charge >= 0.3 is 0 Å². The number of benzene rings is 1. The van der Waals surface area contributed by atoms with Crippen molar-refractivity contribution in [2.75, 3.05) is 5.32 Å². The number of nitrogens with zero attached hydrogens (tertiary/aromatic N) is 1. The van der Waals surface area contributed by atoms with Crippen LogP contribution in [0.2, 0.25) is 0 Å². The summed E-state index contributed by atoms with van der Waals surface area (Å²) in [7, 11) is 0. The van der Waals surface area contributed by atoms with Gasteiger partial charge in [-0.3, -0.25) is 4.79 Å². The van der Waals surface area contributed by atoms with Crippen molar-refractivity contribution >= 4 is 46.0 Å². The third-order valence-electron chi connectivity index (χ3n) is 2.97. The Hall–Kier alpha value is -2.25. The van der Waals surface area contributed by atoms with E-state index in [4.69, 9.17) is 18.0 Å². The van der Waals surface area contributed by atoms with E-state index in [1.165, 1.54) is 11.3 Å². The van der Waals surface area contributed by atoms with E-state index in [9.17, 15) is 4.79 Å². The van der Waals surface area contributed by atoms with Crippen LogP contribution in [0.25, 0.3) is 0 Å². The molecule has 4 N–H and O–H groups in total. The number of hydrogen-bond acceptors (Lipinski definition) is 4. The van der Waals surface area contributed by atoms with E-state index in [0.717, 1.165) is 21.8 Å². The van der Waals surface area contributed by atoms with Crippen LogP contribution in [0.4, 0.5) is 5.69 Å². The number of fused-ring (bicyclic) bond motifs is 1. The molecule has 106 valence electrons. The van der Waals surface area contributed by atoms with Crippen molar-refractivity contribution in [3.05, 3.63) is 52.2 Å². The molecule has 0 saturated heterocycles. The summed E-state index contributed by atoms with van der Waals surface area (Å²) in [6.07, 6.45) is -0.836. The maximum atomic E-state index is 12.2. The SMILES string of the molecule is NC(=S)NC1N=C(c2ccccc2)c2sccc2NC1=O. The first-order valence-electron chi connectivity index (χ1n) is 6.23. The first-order valence-corrected chi connectivity index (χ1v) is 7.52. The van der Waals surface area contributed by atoms with E-state index in [1.54, 1.807) is 0 Å². The van der Waals surface area contributed by atoms with Gasteiger partial charge in [0.1, 0.15) is 0 Å². The number of amides is 1. The molecule has 0 bridgehead atoms. The van der Waals surface area contributed by atoms with Gasteiger partial charge in [-0.2, -0.15) is 0 Å². The van der Waals surface area contributed by atoms with Crippen molar-refractivity contribution in [2.45, 2.75) is 6.17 Å². The Kier molecular flexibility index (Phi) is 3.68. The lowest BCUT2D eigenvalue weighted by atomic mass is 10.1. The molecule has 0 aliphatic carbocycles. The summed E-state index contributed by atoms with van der Waals surface area (Å²) in [5, 5.41) is 7.51. The highest BCUT2D eigenvalue weighted by atomic mass is 32.1. The molecule has 1 amide bonds. The van der Waals surface area contributed by atoms with Crippen molar-refractivity contribution < 1.29 is 4.79 Å². The maximum absolute atomic E-state index is 12.2. The molecule has 1 aromatic carbocycles. The predicted molar refractivity (Wildman–Crippen MR) is 88.7 cm³/mol. The predicted octanol–water partition coefficient (Wildman–Crippen LogP) is 1.70. The molecule has 2 heterocycles. The molecular weight excluding hydrogens is 304 g/mol. The molecule has 7 heteroatoms. The third kappa shape index (κ3) is 2.79. The van der Waals surface area contributed by atoms with E-state index in [1.807, 2.05) is 41.8 Å². The van der Waals surface area contributed by atoms with Crippen LogP contribution in [0.5, 0.6) is 0 Å². The van der Waals surface area contributed by atoms with Gasteiger partial charge in [-0.15, -0.1) is 11.3 Å². The molecule has 2 aromatic rings. The lowest BCUT2D eigenvalue weighted by molar-refractivity contribution is -0.117. The lowest BCUT2D eigenvalue weighted by Crippen LogP contribution is -2.44. The van der Waals surface area contributed by atoms with Gasteiger partial charge in [-0.1, -0.05) is 30.3 Å². The molecule has 1 aliphatic rings. The number of aliphatic imine (C=N–C) groups is 1. The van der Waals surface area contributed by atoms with E-state index in [0.29, 0.717) is 0 Å². The number of thiophene rings is 1. The largest absolute Gasteiger partial charge is 0.376 e. The van der Waals surface area contributed by atoms with Crippen LogP contribution in [-0.4, -0.2) is 22.9 Å². The molecule has 21 heavy (non-hydrogen) atoms. The fourth-order valence-corrected chi connectivity index (χ4v) is 3.05. The zero-order chi connectivity index (χ0) is 14.8. The summed E-state index contributed by atoms with van der Waals surface area (Å²) in [6, 6.07) is 11.6. The number of carbonyl (C=O) groups is 1. The minimum Gasteiger partial charge on any atom is -0.376 e. The van der Waals surface area contributed by atoms with Gasteiger partial charge < -0.3 is 16.4 Å². The lowest BCUT2D eigenvalue weighted by Gasteiger charge is -2.12. The van der Waals surface area contributed by atoms with Crippen molar-refractivity contribution in [2.24, 2.45) is 10.7 Å². The number of rotatable bonds is 2. The van der Waals surface area contributed by atoms with Crippen LogP contribution >= 0.6 is 23.6 Å². The van der Waals surface area contributed by atoms with Crippen molar-refractivity contribution in [3.63, 3.8) is 0 Å². The van der Waals surface area contributed by atoms with Crippen molar-refractivity contribution in [3.8, 4) is 0 Å². The molecule has 5 nitrogen and oxygen atoms in total. The fourth-order valence-electron chi connectivity index (χ4n) is 2.07. The van der Waals surface area contributed by atoms with Crippen LogP contribution in [0.15, 0.2) is 46.8 Å². The average molecular weight is 316 g/mol. The molecule has 1 unspecified atom stereocenters. The van der Waals surface area contributed by atoms with Crippen LogP contribution in [-0.2, 0) is 4.79 Å². The van der Waals surface area contributed by atoms with Crippen molar-refractivity contribution in [1.82, 2.24) is 5.32 Å². The Labute approximate surface area is 130 Å². The highest BCUT2D eigenvalue weighted by Crippen LogP contribution is 2.28. The number of carbonyl (C=O) groups excluding carboxylic acids is 1. The van der Waals surface area contributed by atoms with Gasteiger partial charge in [0.2, 0.25) is 6.17 Å². The summed E-state index contributed by atoms with van der Waals surface area (Å²) < 4.78 is 0. The second-order valence-electron chi connectivity index (χ2n) is 4.41. The Morgan fingerprint density at radius 3 is 2.81 bits per heavy atom. The van der Waals surface area contributed by atoms with Crippen molar-refractivity contribution in [1.29, 1.82) is 0 Å². The molecule has 1 aliphatic heterocycles. The standard InChI is InChI=1S/C14H12N4OS2/c15-14(20)18-12-13(19)16-9-6-7-21-11(9)10(17-12)8-4-2-1-3-5-8/h1-7,12H,(H,16,19)(H3,15,18,20).